The zero-order valence-corrected chi connectivity index (χ0v) is 17.4. The standard InChI is InChI=1S/C19H29N3O5S/c1-3-5-6-13-28(25,26)15-18(23)22-11-9-21(10-12-22)17-8-7-16(14-20-17)19(24)27-4-2/h7-8,14H,3-6,9-13,15H2,1-2H3. The van der Waals surface area contributed by atoms with E-state index in [4.69, 9.17) is 4.74 Å². The number of hydrogen-bond donors (Lipinski definition) is 0. The van der Waals surface area contributed by atoms with Gasteiger partial charge < -0.3 is 14.5 Å². The zero-order valence-electron chi connectivity index (χ0n) is 16.6. The van der Waals surface area contributed by atoms with E-state index in [2.05, 4.69) is 4.98 Å². The van der Waals surface area contributed by atoms with Crippen LogP contribution in [0, 0.1) is 0 Å². The van der Waals surface area contributed by atoms with Crippen LogP contribution in [0.5, 0.6) is 0 Å². The number of pyridine rings is 1. The Morgan fingerprint density at radius 2 is 1.82 bits per heavy atom. The number of unbranched alkanes of at least 4 members (excludes halogenated alkanes) is 2. The molecule has 156 valence electrons. The quantitative estimate of drug-likeness (QED) is 0.449. The minimum absolute atomic E-state index is 0.0727. The van der Waals surface area contributed by atoms with Crippen molar-refractivity contribution >= 4 is 27.5 Å². The number of carbonyl (C=O) groups is 2. The molecule has 1 aliphatic rings. The van der Waals surface area contributed by atoms with Crippen LogP contribution in [-0.2, 0) is 19.4 Å². The van der Waals surface area contributed by atoms with E-state index >= 15 is 0 Å². The van der Waals surface area contributed by atoms with Crippen molar-refractivity contribution in [3.8, 4) is 0 Å². The normalized spacial score (nSPS) is 14.8. The van der Waals surface area contributed by atoms with Crippen LogP contribution in [0.4, 0.5) is 5.82 Å². The molecule has 1 fully saturated rings. The molecule has 0 radical (unpaired) electrons. The van der Waals surface area contributed by atoms with Gasteiger partial charge in [-0.3, -0.25) is 4.79 Å². The molecule has 28 heavy (non-hydrogen) atoms. The number of rotatable bonds is 9. The fourth-order valence-corrected chi connectivity index (χ4v) is 4.36. The van der Waals surface area contributed by atoms with Gasteiger partial charge in [0.2, 0.25) is 5.91 Å². The first-order valence-corrected chi connectivity index (χ1v) is 11.5. The Morgan fingerprint density at radius 3 is 2.39 bits per heavy atom. The van der Waals surface area contributed by atoms with Crippen molar-refractivity contribution in [1.82, 2.24) is 9.88 Å². The highest BCUT2D eigenvalue weighted by atomic mass is 32.2. The van der Waals surface area contributed by atoms with Crippen molar-refractivity contribution in [3.63, 3.8) is 0 Å². The fraction of sp³-hybridized carbons (Fsp3) is 0.632. The highest BCUT2D eigenvalue weighted by Gasteiger charge is 2.25. The van der Waals surface area contributed by atoms with E-state index < -0.39 is 21.6 Å². The smallest absolute Gasteiger partial charge is 0.339 e. The third-order valence-electron chi connectivity index (χ3n) is 4.62. The van der Waals surface area contributed by atoms with Gasteiger partial charge in [0.15, 0.2) is 9.84 Å². The molecule has 2 heterocycles. The van der Waals surface area contributed by atoms with Crippen LogP contribution >= 0.6 is 0 Å². The number of amides is 1. The second-order valence-corrected chi connectivity index (χ2v) is 8.98. The minimum Gasteiger partial charge on any atom is -0.462 e. The molecule has 9 heteroatoms. The summed E-state index contributed by atoms with van der Waals surface area (Å²) in [5.74, 6) is -0.363. The van der Waals surface area contributed by atoms with E-state index in [1.807, 2.05) is 11.8 Å². The van der Waals surface area contributed by atoms with Crippen molar-refractivity contribution in [1.29, 1.82) is 0 Å². The first-order valence-electron chi connectivity index (χ1n) is 9.72. The van der Waals surface area contributed by atoms with Crippen LogP contribution in [0.3, 0.4) is 0 Å². The summed E-state index contributed by atoms with van der Waals surface area (Å²) in [6.45, 7) is 6.09. The Kier molecular flexibility index (Phi) is 8.22. The van der Waals surface area contributed by atoms with Crippen molar-refractivity contribution in [2.75, 3.05) is 49.2 Å². The van der Waals surface area contributed by atoms with Gasteiger partial charge in [0.25, 0.3) is 0 Å². The van der Waals surface area contributed by atoms with Crippen LogP contribution in [0.15, 0.2) is 18.3 Å². The van der Waals surface area contributed by atoms with E-state index in [0.29, 0.717) is 50.6 Å². The third-order valence-corrected chi connectivity index (χ3v) is 6.22. The van der Waals surface area contributed by atoms with E-state index in [-0.39, 0.29) is 11.7 Å². The highest BCUT2D eigenvalue weighted by Crippen LogP contribution is 2.15. The number of nitrogens with zero attached hydrogens (tertiary/aromatic N) is 3. The van der Waals surface area contributed by atoms with Crippen molar-refractivity contribution in [2.45, 2.75) is 33.1 Å². The molecule has 0 bridgehead atoms. The van der Waals surface area contributed by atoms with Gasteiger partial charge in [-0.25, -0.2) is 18.2 Å². The van der Waals surface area contributed by atoms with Crippen molar-refractivity contribution in [3.05, 3.63) is 23.9 Å². The lowest BCUT2D eigenvalue weighted by atomic mass is 10.2. The van der Waals surface area contributed by atoms with Gasteiger partial charge in [0.1, 0.15) is 11.6 Å². The Morgan fingerprint density at radius 1 is 1.11 bits per heavy atom. The number of hydrogen-bond acceptors (Lipinski definition) is 7. The van der Waals surface area contributed by atoms with Crippen LogP contribution in [0.1, 0.15) is 43.5 Å². The molecule has 1 aromatic heterocycles. The Bertz CT molecular complexity index is 756. The lowest BCUT2D eigenvalue weighted by Crippen LogP contribution is -2.50. The Labute approximate surface area is 166 Å². The number of sulfone groups is 1. The Balaban J connectivity index is 1.85. The molecule has 0 unspecified atom stereocenters. The summed E-state index contributed by atoms with van der Waals surface area (Å²) in [5.41, 5.74) is 0.396. The molecule has 2 rings (SSSR count). The second-order valence-electron chi connectivity index (χ2n) is 6.79. The van der Waals surface area contributed by atoms with Crippen LogP contribution in [0.25, 0.3) is 0 Å². The Hall–Kier alpha value is -2.16. The summed E-state index contributed by atoms with van der Waals surface area (Å²) in [4.78, 5) is 31.9. The molecule has 0 aliphatic carbocycles. The third kappa shape index (κ3) is 6.47. The molecule has 0 atom stereocenters. The predicted molar refractivity (Wildman–Crippen MR) is 107 cm³/mol. The van der Waals surface area contributed by atoms with E-state index in [1.165, 1.54) is 6.20 Å². The molecule has 0 saturated carbocycles. The maximum Gasteiger partial charge on any atom is 0.339 e. The van der Waals surface area contributed by atoms with Crippen molar-refractivity contribution < 1.29 is 22.7 Å². The molecule has 0 spiro atoms. The van der Waals surface area contributed by atoms with Crippen LogP contribution in [0.2, 0.25) is 0 Å². The lowest BCUT2D eigenvalue weighted by molar-refractivity contribution is -0.128. The van der Waals surface area contributed by atoms with E-state index in [1.54, 1.807) is 24.0 Å². The number of ether oxygens (including phenoxy) is 1. The average molecular weight is 412 g/mol. The van der Waals surface area contributed by atoms with Crippen molar-refractivity contribution in [2.24, 2.45) is 0 Å². The van der Waals surface area contributed by atoms with Crippen LogP contribution < -0.4 is 4.90 Å². The first kappa shape index (κ1) is 22.1. The maximum atomic E-state index is 12.3. The molecule has 1 amide bonds. The molecule has 0 N–H and O–H groups in total. The second kappa shape index (κ2) is 10.4. The SMILES string of the molecule is CCCCCS(=O)(=O)CC(=O)N1CCN(c2ccc(C(=O)OCC)cn2)CC1. The lowest BCUT2D eigenvalue weighted by Gasteiger charge is -2.35. The van der Waals surface area contributed by atoms with Gasteiger partial charge in [-0.15, -0.1) is 0 Å². The van der Waals surface area contributed by atoms with Gasteiger partial charge in [-0.2, -0.15) is 0 Å². The molecular formula is C19H29N3O5S. The highest BCUT2D eigenvalue weighted by molar-refractivity contribution is 7.92. The zero-order chi connectivity index (χ0) is 20.6. The molecular weight excluding hydrogens is 382 g/mol. The number of carbonyl (C=O) groups excluding carboxylic acids is 2. The predicted octanol–water partition coefficient (Wildman–Crippen LogP) is 1.51. The summed E-state index contributed by atoms with van der Waals surface area (Å²) in [5, 5.41) is 0. The van der Waals surface area contributed by atoms with E-state index in [9.17, 15) is 18.0 Å². The maximum absolute atomic E-state index is 12.3. The van der Waals surface area contributed by atoms with Crippen LogP contribution in [-0.4, -0.2) is 74.5 Å². The van der Waals surface area contributed by atoms with Gasteiger partial charge in [0, 0.05) is 32.4 Å². The molecule has 8 nitrogen and oxygen atoms in total. The van der Waals surface area contributed by atoms with Gasteiger partial charge in [-0.1, -0.05) is 19.8 Å². The topological polar surface area (TPSA) is 96.9 Å². The largest absolute Gasteiger partial charge is 0.462 e. The monoisotopic (exact) mass is 411 g/mol. The number of anilines is 1. The fourth-order valence-electron chi connectivity index (χ4n) is 3.02. The summed E-state index contributed by atoms with van der Waals surface area (Å²) in [6.07, 6.45) is 3.88. The number of piperazine rings is 1. The summed E-state index contributed by atoms with van der Waals surface area (Å²) >= 11 is 0. The minimum atomic E-state index is -3.35. The van der Waals surface area contributed by atoms with E-state index in [0.717, 1.165) is 12.8 Å². The average Bonchev–Trinajstić information content (AvgIpc) is 2.68. The molecule has 0 aromatic carbocycles. The van der Waals surface area contributed by atoms with Gasteiger partial charge in [0.05, 0.1) is 17.9 Å². The molecule has 1 aromatic rings. The summed E-state index contributed by atoms with van der Waals surface area (Å²) < 4.78 is 29.1. The first-order chi connectivity index (χ1) is 13.4. The summed E-state index contributed by atoms with van der Waals surface area (Å²) in [6, 6.07) is 3.42. The molecule has 1 saturated heterocycles. The number of aromatic nitrogens is 1. The van der Waals surface area contributed by atoms with Gasteiger partial charge in [-0.05, 0) is 25.5 Å². The summed E-state index contributed by atoms with van der Waals surface area (Å²) in [7, 11) is -3.35. The van der Waals surface area contributed by atoms with Gasteiger partial charge >= 0.3 is 5.97 Å². The molecule has 1 aliphatic heterocycles. The number of esters is 1.